The number of hydrogen-bond acceptors (Lipinski definition) is 5. The van der Waals surface area contributed by atoms with Crippen LogP contribution < -0.4 is 10.9 Å². The molecule has 3 aromatic heterocycles. The molecule has 0 saturated carbocycles. The first kappa shape index (κ1) is 24.0. The van der Waals surface area contributed by atoms with E-state index in [0.29, 0.717) is 30.0 Å². The zero-order valence-electron chi connectivity index (χ0n) is 19.6. The zero-order chi connectivity index (χ0) is 24.8. The number of nitrogens with zero attached hydrogens (tertiary/aromatic N) is 4. The molecule has 0 aliphatic heterocycles. The topological polar surface area (TPSA) is 91.0 Å². The molecule has 0 atom stereocenters. The summed E-state index contributed by atoms with van der Waals surface area (Å²) in [7, 11) is 1.53. The quantitative estimate of drug-likeness (QED) is 0.402. The third-order valence-electron chi connectivity index (χ3n) is 5.46. The van der Waals surface area contributed by atoms with E-state index in [9.17, 15) is 14.0 Å². The summed E-state index contributed by atoms with van der Waals surface area (Å²) in [4.78, 5) is 28.9. The number of pyridine rings is 2. The number of amides is 1. The van der Waals surface area contributed by atoms with Crippen LogP contribution in [0.15, 0.2) is 71.8 Å². The summed E-state index contributed by atoms with van der Waals surface area (Å²) < 4.78 is 22.5. The molecule has 0 unspecified atom stereocenters. The van der Waals surface area contributed by atoms with E-state index in [1.165, 1.54) is 19.2 Å². The second-order valence-corrected chi connectivity index (χ2v) is 8.17. The van der Waals surface area contributed by atoms with E-state index in [1.807, 2.05) is 30.3 Å². The van der Waals surface area contributed by atoms with Crippen molar-refractivity contribution in [3.63, 3.8) is 0 Å². The fraction of sp³-hybridized carbons (Fsp3) is 0.231. The number of aromatic nitrogens is 4. The first-order valence-electron chi connectivity index (χ1n) is 11.1. The Morgan fingerprint density at radius 3 is 2.49 bits per heavy atom. The number of aryl methyl sites for hydroxylation is 1. The Morgan fingerprint density at radius 2 is 1.77 bits per heavy atom. The summed E-state index contributed by atoms with van der Waals surface area (Å²) >= 11 is 0. The Balaban J connectivity index is 1.45. The fourth-order valence-corrected chi connectivity index (χ4v) is 3.68. The highest BCUT2D eigenvalue weighted by Gasteiger charge is 2.17. The predicted molar refractivity (Wildman–Crippen MR) is 128 cm³/mol. The molecule has 0 spiro atoms. The smallest absolute Gasteiger partial charge is 0.255 e. The van der Waals surface area contributed by atoms with E-state index >= 15 is 0 Å². The highest BCUT2D eigenvalue weighted by atomic mass is 19.1. The maximum atomic E-state index is 14.0. The Morgan fingerprint density at radius 1 is 1.03 bits per heavy atom. The number of halogens is 1. The lowest BCUT2D eigenvalue weighted by atomic mass is 10.1. The van der Waals surface area contributed by atoms with E-state index in [2.05, 4.69) is 15.4 Å². The first-order chi connectivity index (χ1) is 16.9. The standard InChI is InChI=1S/C26H26FN5O3/c1-18-6-11-22(27)23(29-18)13-28-26(34)21-16-32(30-24(21)17-35-2)15-20-9-7-19(8-10-20)14-31-12-4-3-5-25(31)33/h3-12,16H,13-15,17H2,1-2H3,(H,28,34). The molecule has 0 bridgehead atoms. The van der Waals surface area contributed by atoms with Crippen LogP contribution in [-0.2, 0) is 31.0 Å². The zero-order valence-corrected chi connectivity index (χ0v) is 19.6. The fourth-order valence-electron chi connectivity index (χ4n) is 3.68. The summed E-state index contributed by atoms with van der Waals surface area (Å²) in [5.74, 6) is -0.848. The first-order valence-corrected chi connectivity index (χ1v) is 11.1. The van der Waals surface area contributed by atoms with Gasteiger partial charge in [0.1, 0.15) is 11.5 Å². The lowest BCUT2D eigenvalue weighted by Crippen LogP contribution is -2.24. The van der Waals surface area contributed by atoms with Gasteiger partial charge < -0.3 is 14.6 Å². The maximum absolute atomic E-state index is 14.0. The van der Waals surface area contributed by atoms with Crippen LogP contribution in [0.25, 0.3) is 0 Å². The molecule has 180 valence electrons. The number of methoxy groups -OCH3 is 1. The van der Waals surface area contributed by atoms with Gasteiger partial charge in [0.15, 0.2) is 0 Å². The van der Waals surface area contributed by atoms with Gasteiger partial charge >= 0.3 is 0 Å². The molecule has 4 aromatic rings. The molecule has 35 heavy (non-hydrogen) atoms. The van der Waals surface area contributed by atoms with Crippen molar-refractivity contribution in [2.24, 2.45) is 0 Å². The highest BCUT2D eigenvalue weighted by molar-refractivity contribution is 5.95. The number of ether oxygens (including phenoxy) is 1. The summed E-state index contributed by atoms with van der Waals surface area (Å²) in [5, 5.41) is 7.22. The van der Waals surface area contributed by atoms with E-state index in [-0.39, 0.29) is 30.3 Å². The van der Waals surface area contributed by atoms with Crippen molar-refractivity contribution >= 4 is 5.91 Å². The predicted octanol–water partition coefficient (Wildman–Crippen LogP) is 3.06. The van der Waals surface area contributed by atoms with Crippen molar-refractivity contribution < 1.29 is 13.9 Å². The van der Waals surface area contributed by atoms with Crippen molar-refractivity contribution in [3.05, 3.63) is 117 Å². The average Bonchev–Trinajstić information content (AvgIpc) is 3.24. The van der Waals surface area contributed by atoms with Gasteiger partial charge in [0, 0.05) is 31.3 Å². The molecule has 3 heterocycles. The van der Waals surface area contributed by atoms with Gasteiger partial charge in [0.2, 0.25) is 0 Å². The van der Waals surface area contributed by atoms with Gasteiger partial charge in [-0.3, -0.25) is 19.3 Å². The van der Waals surface area contributed by atoms with Crippen LogP contribution in [0.2, 0.25) is 0 Å². The minimum atomic E-state index is -0.468. The van der Waals surface area contributed by atoms with Crippen LogP contribution in [0.5, 0.6) is 0 Å². The Kier molecular flexibility index (Phi) is 7.47. The Labute approximate surface area is 202 Å². The van der Waals surface area contributed by atoms with E-state index in [0.717, 1.165) is 11.1 Å². The van der Waals surface area contributed by atoms with Crippen molar-refractivity contribution in [2.75, 3.05) is 7.11 Å². The lowest BCUT2D eigenvalue weighted by molar-refractivity contribution is 0.0945. The monoisotopic (exact) mass is 475 g/mol. The van der Waals surface area contributed by atoms with E-state index in [1.54, 1.807) is 40.7 Å². The van der Waals surface area contributed by atoms with Crippen molar-refractivity contribution in [2.45, 2.75) is 33.2 Å². The second kappa shape index (κ2) is 10.9. The number of carbonyl (C=O) groups is 1. The number of benzene rings is 1. The van der Waals surface area contributed by atoms with Crippen molar-refractivity contribution in [1.29, 1.82) is 0 Å². The molecule has 0 aliphatic carbocycles. The van der Waals surface area contributed by atoms with Crippen LogP contribution >= 0.6 is 0 Å². The van der Waals surface area contributed by atoms with Gasteiger partial charge in [-0.1, -0.05) is 30.3 Å². The summed E-state index contributed by atoms with van der Waals surface area (Å²) in [6, 6.07) is 15.8. The van der Waals surface area contributed by atoms with Gasteiger partial charge in [-0.2, -0.15) is 5.10 Å². The van der Waals surface area contributed by atoms with Crippen LogP contribution in [0, 0.1) is 12.7 Å². The summed E-state index contributed by atoms with van der Waals surface area (Å²) in [6.07, 6.45) is 3.41. The molecule has 0 radical (unpaired) electrons. The number of nitrogens with one attached hydrogen (secondary N) is 1. The van der Waals surface area contributed by atoms with Crippen molar-refractivity contribution in [3.8, 4) is 0 Å². The lowest BCUT2D eigenvalue weighted by Gasteiger charge is -2.07. The summed E-state index contributed by atoms with van der Waals surface area (Å²) in [6.45, 7) is 2.83. The molecule has 1 N–H and O–H groups in total. The highest BCUT2D eigenvalue weighted by Crippen LogP contribution is 2.13. The minimum Gasteiger partial charge on any atom is -0.378 e. The molecule has 1 amide bonds. The van der Waals surface area contributed by atoms with Crippen LogP contribution in [0.4, 0.5) is 4.39 Å². The third kappa shape index (κ3) is 6.07. The third-order valence-corrected chi connectivity index (χ3v) is 5.46. The van der Waals surface area contributed by atoms with Gasteiger partial charge in [0.25, 0.3) is 11.5 Å². The number of rotatable bonds is 9. The number of carbonyl (C=O) groups excluding carboxylic acids is 1. The van der Waals surface area contributed by atoms with Gasteiger partial charge in [0.05, 0.1) is 37.5 Å². The Hall–Kier alpha value is -4.11. The summed E-state index contributed by atoms with van der Waals surface area (Å²) in [5.41, 5.74) is 3.63. The number of hydrogen-bond donors (Lipinski definition) is 1. The molecular formula is C26H26FN5O3. The second-order valence-electron chi connectivity index (χ2n) is 8.17. The van der Waals surface area contributed by atoms with Crippen LogP contribution in [0.1, 0.15) is 38.6 Å². The average molecular weight is 476 g/mol. The molecule has 4 rings (SSSR count). The molecule has 9 heteroatoms. The molecular weight excluding hydrogens is 449 g/mol. The molecule has 0 aliphatic rings. The van der Waals surface area contributed by atoms with E-state index < -0.39 is 5.82 Å². The molecule has 8 nitrogen and oxygen atoms in total. The molecule has 1 aromatic carbocycles. The van der Waals surface area contributed by atoms with Crippen molar-refractivity contribution in [1.82, 2.24) is 24.6 Å². The van der Waals surface area contributed by atoms with E-state index in [4.69, 9.17) is 4.74 Å². The SMILES string of the molecule is COCc1nn(Cc2ccc(Cn3ccccc3=O)cc2)cc1C(=O)NCc1nc(C)ccc1F. The molecule has 0 saturated heterocycles. The molecule has 0 fully saturated rings. The normalized spacial score (nSPS) is 10.9. The van der Waals surface area contributed by atoms with Gasteiger partial charge in [-0.25, -0.2) is 4.39 Å². The maximum Gasteiger partial charge on any atom is 0.255 e. The van der Waals surface area contributed by atoms with Gasteiger partial charge in [-0.05, 0) is 36.2 Å². The minimum absolute atomic E-state index is 0.0318. The van der Waals surface area contributed by atoms with Crippen LogP contribution in [-0.4, -0.2) is 32.3 Å². The van der Waals surface area contributed by atoms with Gasteiger partial charge in [-0.15, -0.1) is 0 Å². The Bertz CT molecular complexity index is 1380. The largest absolute Gasteiger partial charge is 0.378 e. The van der Waals surface area contributed by atoms with Crippen LogP contribution in [0.3, 0.4) is 0 Å².